The second-order valence-electron chi connectivity index (χ2n) is 7.76. The van der Waals surface area contributed by atoms with Gasteiger partial charge in [-0.05, 0) is 76.6 Å². The number of pyridine rings is 1. The van der Waals surface area contributed by atoms with Gasteiger partial charge in [0.15, 0.2) is 11.5 Å². The van der Waals surface area contributed by atoms with Crippen molar-refractivity contribution in [3.63, 3.8) is 0 Å². The number of aromatic hydroxyl groups is 1. The molecule has 7 nitrogen and oxygen atoms in total. The van der Waals surface area contributed by atoms with Crippen molar-refractivity contribution in [2.24, 2.45) is 5.92 Å². The molecule has 1 fully saturated rings. The molecule has 0 radical (unpaired) electrons. The van der Waals surface area contributed by atoms with E-state index in [1.807, 2.05) is 22.9 Å². The number of carbonyl (C=O) groups is 1. The van der Waals surface area contributed by atoms with Crippen LogP contribution >= 0.6 is 27.5 Å². The minimum Gasteiger partial charge on any atom is -0.508 e. The van der Waals surface area contributed by atoms with E-state index >= 15 is 0 Å². The molecule has 3 aromatic heterocycles. The van der Waals surface area contributed by atoms with Gasteiger partial charge in [-0.25, -0.2) is 14.0 Å². The summed E-state index contributed by atoms with van der Waals surface area (Å²) >= 11 is 4.85. The van der Waals surface area contributed by atoms with Crippen molar-refractivity contribution >= 4 is 50.2 Å². The zero-order valence-electron chi connectivity index (χ0n) is 16.6. The molecule has 31 heavy (non-hydrogen) atoms. The standard InChI is InChI=1S/C22H20BrN5O2S/c23-18-10-17-20(26-22(30)15-11-24-31-12-15)27-28(9-1-2-13-3-4-13)21(17)25-19(18)14-5-7-16(29)8-6-14/h5-8,10-13,29H,1-4,9H2,(H,26,27,30). The number of hydrogen-bond acceptors (Lipinski definition) is 6. The number of benzene rings is 1. The summed E-state index contributed by atoms with van der Waals surface area (Å²) in [5, 5.41) is 19.7. The molecule has 0 unspecified atom stereocenters. The van der Waals surface area contributed by atoms with Crippen LogP contribution in [-0.2, 0) is 6.54 Å². The molecule has 158 valence electrons. The molecule has 1 amide bonds. The molecule has 4 aromatic rings. The SMILES string of the molecule is O=C(Nc1nn(CCCC2CC2)c2nc(-c3ccc(O)cc3)c(Br)cc12)c1cnsc1. The van der Waals surface area contributed by atoms with Gasteiger partial charge in [0.25, 0.3) is 5.91 Å². The van der Waals surface area contributed by atoms with Crippen LogP contribution in [0.5, 0.6) is 5.75 Å². The van der Waals surface area contributed by atoms with Gasteiger partial charge in [0.2, 0.25) is 0 Å². The predicted molar refractivity (Wildman–Crippen MR) is 124 cm³/mol. The summed E-state index contributed by atoms with van der Waals surface area (Å²) in [4.78, 5) is 17.5. The average Bonchev–Trinajstić information content (AvgIpc) is 3.30. The van der Waals surface area contributed by atoms with Crippen LogP contribution in [0.1, 0.15) is 36.0 Å². The number of nitrogens with zero attached hydrogens (tertiary/aromatic N) is 4. The van der Waals surface area contributed by atoms with E-state index in [4.69, 9.17) is 10.1 Å². The van der Waals surface area contributed by atoms with Gasteiger partial charge in [-0.15, -0.1) is 0 Å². The van der Waals surface area contributed by atoms with Crippen molar-refractivity contribution in [2.75, 3.05) is 5.32 Å². The Bertz CT molecular complexity index is 1230. The Morgan fingerprint density at radius 3 is 2.81 bits per heavy atom. The van der Waals surface area contributed by atoms with Gasteiger partial charge in [-0.3, -0.25) is 4.79 Å². The van der Waals surface area contributed by atoms with Gasteiger partial charge in [0.1, 0.15) is 5.75 Å². The van der Waals surface area contributed by atoms with Crippen LogP contribution in [0.3, 0.4) is 0 Å². The molecule has 0 aliphatic heterocycles. The van der Waals surface area contributed by atoms with Crippen LogP contribution in [0.2, 0.25) is 0 Å². The van der Waals surface area contributed by atoms with Crippen LogP contribution in [-0.4, -0.2) is 30.2 Å². The lowest BCUT2D eigenvalue weighted by molar-refractivity contribution is 0.102. The first-order valence-electron chi connectivity index (χ1n) is 10.2. The van der Waals surface area contributed by atoms with Crippen LogP contribution in [0.15, 0.2) is 46.4 Å². The third-order valence-corrected chi connectivity index (χ3v) is 6.61. The molecule has 0 spiro atoms. The Morgan fingerprint density at radius 2 is 2.10 bits per heavy atom. The zero-order valence-corrected chi connectivity index (χ0v) is 19.0. The minimum atomic E-state index is -0.239. The van der Waals surface area contributed by atoms with E-state index < -0.39 is 0 Å². The maximum atomic E-state index is 12.6. The van der Waals surface area contributed by atoms with Gasteiger partial charge in [0, 0.05) is 22.0 Å². The maximum Gasteiger partial charge on any atom is 0.259 e. The van der Waals surface area contributed by atoms with Crippen molar-refractivity contribution in [3.8, 4) is 17.0 Å². The van der Waals surface area contributed by atoms with Gasteiger partial charge < -0.3 is 10.4 Å². The first-order valence-corrected chi connectivity index (χ1v) is 11.8. The fourth-order valence-corrected chi connectivity index (χ4v) is 4.64. The lowest BCUT2D eigenvalue weighted by atomic mass is 10.1. The number of halogens is 1. The van der Waals surface area contributed by atoms with Gasteiger partial charge in [-0.1, -0.05) is 12.8 Å². The molecule has 0 bridgehead atoms. The second kappa shape index (κ2) is 8.39. The molecular weight excluding hydrogens is 478 g/mol. The first-order chi connectivity index (χ1) is 15.1. The number of aryl methyl sites for hydroxylation is 1. The predicted octanol–water partition coefficient (Wildman–Crippen LogP) is 5.47. The van der Waals surface area contributed by atoms with Gasteiger partial charge in [0.05, 0.1) is 22.8 Å². The number of nitrogens with one attached hydrogen (secondary N) is 1. The number of hydrogen-bond donors (Lipinski definition) is 2. The van der Waals surface area contributed by atoms with E-state index in [1.54, 1.807) is 23.7 Å². The Labute approximate surface area is 191 Å². The number of amides is 1. The molecule has 3 heterocycles. The van der Waals surface area contributed by atoms with E-state index in [-0.39, 0.29) is 11.7 Å². The maximum absolute atomic E-state index is 12.6. The summed E-state index contributed by atoms with van der Waals surface area (Å²) in [5.74, 6) is 1.31. The second-order valence-corrected chi connectivity index (χ2v) is 9.27. The number of carbonyl (C=O) groups excluding carboxylic acids is 1. The number of phenolic OH excluding ortho intramolecular Hbond substituents is 1. The monoisotopic (exact) mass is 497 g/mol. The molecule has 0 atom stereocenters. The minimum absolute atomic E-state index is 0.207. The third-order valence-electron chi connectivity index (χ3n) is 5.42. The van der Waals surface area contributed by atoms with Crippen LogP contribution in [0, 0.1) is 5.92 Å². The number of phenols is 1. The number of rotatable bonds is 7. The van der Waals surface area contributed by atoms with E-state index in [0.717, 1.165) is 45.6 Å². The summed E-state index contributed by atoms with van der Waals surface area (Å²) in [6.45, 7) is 0.743. The fraction of sp³-hybridized carbons (Fsp3) is 0.273. The summed E-state index contributed by atoms with van der Waals surface area (Å²) in [5.41, 5.74) is 2.87. The smallest absolute Gasteiger partial charge is 0.259 e. The lowest BCUT2D eigenvalue weighted by Crippen LogP contribution is -2.12. The Balaban J connectivity index is 1.53. The van der Waals surface area contributed by atoms with Crippen LogP contribution < -0.4 is 5.32 Å². The van der Waals surface area contributed by atoms with Crippen molar-refractivity contribution in [2.45, 2.75) is 32.2 Å². The topological polar surface area (TPSA) is 92.9 Å². The fourth-order valence-electron chi connectivity index (χ4n) is 3.58. The highest BCUT2D eigenvalue weighted by Crippen LogP contribution is 2.35. The molecule has 1 aliphatic carbocycles. The summed E-state index contributed by atoms with van der Waals surface area (Å²) in [6, 6.07) is 8.88. The van der Waals surface area contributed by atoms with Crippen molar-refractivity contribution in [1.82, 2.24) is 19.1 Å². The van der Waals surface area contributed by atoms with Gasteiger partial charge >= 0.3 is 0 Å². The lowest BCUT2D eigenvalue weighted by Gasteiger charge is -2.07. The molecule has 1 saturated carbocycles. The zero-order chi connectivity index (χ0) is 21.4. The van der Waals surface area contributed by atoms with Gasteiger partial charge in [-0.2, -0.15) is 5.10 Å². The van der Waals surface area contributed by atoms with E-state index in [0.29, 0.717) is 11.4 Å². The average molecular weight is 498 g/mol. The normalized spacial score (nSPS) is 13.6. The summed E-state index contributed by atoms with van der Waals surface area (Å²) in [7, 11) is 0. The largest absolute Gasteiger partial charge is 0.508 e. The molecule has 1 aromatic carbocycles. The summed E-state index contributed by atoms with van der Waals surface area (Å²) in [6.07, 6.45) is 6.41. The molecule has 1 aliphatic rings. The van der Waals surface area contributed by atoms with Crippen molar-refractivity contribution < 1.29 is 9.90 Å². The molecule has 5 rings (SSSR count). The molecule has 2 N–H and O–H groups in total. The Kier molecular flexibility index (Phi) is 5.45. The highest BCUT2D eigenvalue weighted by atomic mass is 79.9. The quantitative estimate of drug-likeness (QED) is 0.353. The summed E-state index contributed by atoms with van der Waals surface area (Å²) < 4.78 is 6.67. The number of fused-ring (bicyclic) bond motifs is 1. The molecule has 9 heteroatoms. The van der Waals surface area contributed by atoms with E-state index in [2.05, 4.69) is 25.6 Å². The first kappa shape index (κ1) is 20.1. The Morgan fingerprint density at radius 1 is 1.29 bits per heavy atom. The Hall–Kier alpha value is -2.78. The highest BCUT2D eigenvalue weighted by Gasteiger charge is 2.22. The highest BCUT2D eigenvalue weighted by molar-refractivity contribution is 9.10. The van der Waals surface area contributed by atoms with Crippen LogP contribution in [0.4, 0.5) is 5.82 Å². The number of anilines is 1. The molecule has 0 saturated heterocycles. The van der Waals surface area contributed by atoms with Crippen molar-refractivity contribution in [3.05, 3.63) is 51.9 Å². The number of aromatic nitrogens is 4. The van der Waals surface area contributed by atoms with Crippen LogP contribution in [0.25, 0.3) is 22.3 Å². The van der Waals surface area contributed by atoms with Crippen molar-refractivity contribution in [1.29, 1.82) is 0 Å². The molecular formula is C22H20BrN5O2S. The van der Waals surface area contributed by atoms with E-state index in [9.17, 15) is 9.90 Å². The third kappa shape index (κ3) is 4.33. The van der Waals surface area contributed by atoms with E-state index in [1.165, 1.54) is 30.8 Å².